The summed E-state index contributed by atoms with van der Waals surface area (Å²) in [6.45, 7) is 4.98. The van der Waals surface area contributed by atoms with E-state index in [1.54, 1.807) is 11.3 Å². The molecule has 0 amide bonds. The molecule has 0 radical (unpaired) electrons. The lowest BCUT2D eigenvalue weighted by Gasteiger charge is -2.17. The summed E-state index contributed by atoms with van der Waals surface area (Å²) in [5.41, 5.74) is 5.25. The molecule has 0 bridgehead atoms. The highest BCUT2D eigenvalue weighted by atomic mass is 32.1. The monoisotopic (exact) mass is 295 g/mol. The Hall–Kier alpha value is -2.00. The Bertz CT molecular complexity index is 574. The number of aromatic nitrogens is 4. The van der Waals surface area contributed by atoms with E-state index < -0.39 is 0 Å². The van der Waals surface area contributed by atoms with Gasteiger partial charge < -0.3 is 9.64 Å². The molecule has 0 aliphatic carbocycles. The van der Waals surface area contributed by atoms with Gasteiger partial charge in [0.25, 0.3) is 0 Å². The van der Waals surface area contributed by atoms with Gasteiger partial charge in [-0.25, -0.2) is 10.8 Å². The summed E-state index contributed by atoms with van der Waals surface area (Å²) >= 11 is 1.60. The lowest BCUT2D eigenvalue weighted by atomic mass is 10.4. The number of rotatable bonds is 6. The van der Waals surface area contributed by atoms with E-state index in [4.69, 9.17) is 10.6 Å². The maximum absolute atomic E-state index is 5.36. The first-order valence-corrected chi connectivity index (χ1v) is 6.97. The van der Waals surface area contributed by atoms with Crippen molar-refractivity contribution in [2.45, 2.75) is 20.4 Å². The Morgan fingerprint density at radius 1 is 1.40 bits per heavy atom. The predicted octanol–water partition coefficient (Wildman–Crippen LogP) is 0.957. The van der Waals surface area contributed by atoms with Crippen molar-refractivity contribution in [3.8, 4) is 6.01 Å². The molecular formula is C11H17N7OS. The number of nitrogens with zero attached hydrogens (tertiary/aromatic N) is 5. The predicted molar refractivity (Wildman–Crippen MR) is 77.8 cm³/mol. The van der Waals surface area contributed by atoms with Gasteiger partial charge in [0.1, 0.15) is 0 Å². The summed E-state index contributed by atoms with van der Waals surface area (Å²) in [5.74, 6) is 6.12. The van der Waals surface area contributed by atoms with Gasteiger partial charge in [-0.05, 0) is 13.8 Å². The minimum atomic E-state index is 0.248. The van der Waals surface area contributed by atoms with E-state index in [0.717, 1.165) is 10.6 Å². The fraction of sp³-hybridized carbons (Fsp3) is 0.455. The Morgan fingerprint density at radius 3 is 2.80 bits per heavy atom. The minimum absolute atomic E-state index is 0.248. The van der Waals surface area contributed by atoms with Crippen LogP contribution >= 0.6 is 11.3 Å². The van der Waals surface area contributed by atoms with Crippen molar-refractivity contribution in [2.75, 3.05) is 24.0 Å². The van der Waals surface area contributed by atoms with E-state index in [-0.39, 0.29) is 12.0 Å². The molecule has 3 N–H and O–H groups in total. The van der Waals surface area contributed by atoms with Crippen LogP contribution in [-0.2, 0) is 6.54 Å². The van der Waals surface area contributed by atoms with Crippen molar-refractivity contribution in [3.63, 3.8) is 0 Å². The lowest BCUT2D eigenvalue weighted by molar-refractivity contribution is 0.312. The number of hydrogen-bond donors (Lipinski definition) is 2. The van der Waals surface area contributed by atoms with Crippen LogP contribution in [0.15, 0.2) is 5.51 Å². The number of hydrazine groups is 1. The number of nitrogens with one attached hydrogen (secondary N) is 1. The first-order valence-electron chi connectivity index (χ1n) is 6.09. The summed E-state index contributed by atoms with van der Waals surface area (Å²) in [5, 5.41) is 0. The van der Waals surface area contributed by atoms with E-state index in [1.807, 2.05) is 31.3 Å². The van der Waals surface area contributed by atoms with E-state index in [9.17, 15) is 0 Å². The van der Waals surface area contributed by atoms with Crippen molar-refractivity contribution < 1.29 is 4.74 Å². The summed E-state index contributed by atoms with van der Waals surface area (Å²) in [7, 11) is 1.89. The number of hydrogen-bond acceptors (Lipinski definition) is 9. The van der Waals surface area contributed by atoms with Gasteiger partial charge in [0.05, 0.1) is 24.4 Å². The van der Waals surface area contributed by atoms with Crippen LogP contribution in [0.5, 0.6) is 6.01 Å². The standard InChI is InChI=1S/C11H17N7OS/c1-4-19-11-15-9(17-12)14-10(16-11)18(3)5-8-7(2)13-6-20-8/h6H,4-5,12H2,1-3H3,(H,14,15,16,17). The number of nitrogens with two attached hydrogens (primary N) is 1. The molecule has 0 fully saturated rings. The number of nitrogen functional groups attached to an aromatic ring is 1. The second-order valence-electron chi connectivity index (χ2n) is 4.04. The van der Waals surface area contributed by atoms with Crippen LogP contribution in [0.25, 0.3) is 0 Å². The number of thiazole rings is 1. The zero-order valence-corrected chi connectivity index (χ0v) is 12.4. The highest BCUT2D eigenvalue weighted by Crippen LogP contribution is 2.19. The molecule has 0 unspecified atom stereocenters. The Kier molecular flexibility index (Phi) is 4.64. The van der Waals surface area contributed by atoms with Gasteiger partial charge in [-0.15, -0.1) is 11.3 Å². The number of ether oxygens (including phenoxy) is 1. The van der Waals surface area contributed by atoms with Crippen LogP contribution in [0.1, 0.15) is 17.5 Å². The maximum atomic E-state index is 5.36. The third kappa shape index (κ3) is 3.31. The zero-order chi connectivity index (χ0) is 14.5. The van der Waals surface area contributed by atoms with Gasteiger partial charge in [0, 0.05) is 11.9 Å². The van der Waals surface area contributed by atoms with Gasteiger partial charge >= 0.3 is 6.01 Å². The largest absolute Gasteiger partial charge is 0.464 e. The molecule has 2 rings (SSSR count). The molecule has 0 aliphatic rings. The van der Waals surface area contributed by atoms with E-state index in [1.165, 1.54) is 0 Å². The van der Waals surface area contributed by atoms with Crippen molar-refractivity contribution >= 4 is 23.2 Å². The van der Waals surface area contributed by atoms with Gasteiger partial charge in [0.15, 0.2) is 0 Å². The van der Waals surface area contributed by atoms with Crippen LogP contribution in [0.3, 0.4) is 0 Å². The lowest BCUT2D eigenvalue weighted by Crippen LogP contribution is -2.21. The van der Waals surface area contributed by atoms with E-state index >= 15 is 0 Å². The molecule has 0 saturated heterocycles. The van der Waals surface area contributed by atoms with Gasteiger partial charge in [-0.1, -0.05) is 0 Å². The van der Waals surface area contributed by atoms with Crippen molar-refractivity contribution in [1.29, 1.82) is 0 Å². The molecule has 2 heterocycles. The molecule has 0 atom stereocenters. The van der Waals surface area contributed by atoms with Crippen LogP contribution in [-0.4, -0.2) is 33.6 Å². The van der Waals surface area contributed by atoms with Gasteiger partial charge in [0.2, 0.25) is 11.9 Å². The van der Waals surface area contributed by atoms with Crippen LogP contribution in [0.4, 0.5) is 11.9 Å². The van der Waals surface area contributed by atoms with Gasteiger partial charge in [-0.2, -0.15) is 15.0 Å². The van der Waals surface area contributed by atoms with Crippen molar-refractivity contribution in [3.05, 3.63) is 16.1 Å². The van der Waals surface area contributed by atoms with Crippen LogP contribution < -0.4 is 20.9 Å². The molecule has 8 nitrogen and oxygen atoms in total. The van der Waals surface area contributed by atoms with Crippen molar-refractivity contribution in [2.24, 2.45) is 5.84 Å². The summed E-state index contributed by atoms with van der Waals surface area (Å²) in [6.07, 6.45) is 0. The molecular weight excluding hydrogens is 278 g/mol. The van der Waals surface area contributed by atoms with E-state index in [2.05, 4.69) is 25.4 Å². The molecule has 2 aromatic heterocycles. The quantitative estimate of drug-likeness (QED) is 0.600. The second kappa shape index (κ2) is 6.44. The maximum Gasteiger partial charge on any atom is 0.323 e. The molecule has 0 aromatic carbocycles. The third-order valence-electron chi connectivity index (χ3n) is 2.57. The summed E-state index contributed by atoms with van der Waals surface area (Å²) in [6, 6.07) is 0.248. The average molecular weight is 295 g/mol. The van der Waals surface area contributed by atoms with E-state index in [0.29, 0.717) is 19.1 Å². The highest BCUT2D eigenvalue weighted by molar-refractivity contribution is 7.09. The fourth-order valence-electron chi connectivity index (χ4n) is 1.54. The highest BCUT2D eigenvalue weighted by Gasteiger charge is 2.13. The second-order valence-corrected chi connectivity index (χ2v) is 4.98. The molecule has 20 heavy (non-hydrogen) atoms. The SMILES string of the molecule is CCOc1nc(NN)nc(N(C)Cc2scnc2C)n1. The summed E-state index contributed by atoms with van der Waals surface area (Å²) in [4.78, 5) is 19.8. The normalized spacial score (nSPS) is 10.4. The molecule has 0 spiro atoms. The molecule has 0 saturated carbocycles. The average Bonchev–Trinajstić information content (AvgIpc) is 2.84. The molecule has 9 heteroatoms. The topological polar surface area (TPSA) is 102 Å². The van der Waals surface area contributed by atoms with Crippen molar-refractivity contribution in [1.82, 2.24) is 19.9 Å². The Balaban J connectivity index is 2.22. The zero-order valence-electron chi connectivity index (χ0n) is 11.6. The minimum Gasteiger partial charge on any atom is -0.464 e. The first-order chi connectivity index (χ1) is 9.63. The molecule has 0 aliphatic heterocycles. The number of anilines is 2. The molecule has 108 valence electrons. The first kappa shape index (κ1) is 14.4. The Morgan fingerprint density at radius 2 is 2.20 bits per heavy atom. The fourth-order valence-corrected chi connectivity index (χ4v) is 2.37. The number of aryl methyl sites for hydroxylation is 1. The third-order valence-corrected chi connectivity index (χ3v) is 3.49. The molecule has 2 aromatic rings. The summed E-state index contributed by atoms with van der Waals surface area (Å²) < 4.78 is 5.30. The Labute approximate surface area is 121 Å². The van der Waals surface area contributed by atoms with Crippen LogP contribution in [0, 0.1) is 6.92 Å². The smallest absolute Gasteiger partial charge is 0.323 e. The van der Waals surface area contributed by atoms with Crippen LogP contribution in [0.2, 0.25) is 0 Å². The van der Waals surface area contributed by atoms with Gasteiger partial charge in [-0.3, -0.25) is 5.43 Å².